The molecular weight excluding hydrogens is 256 g/mol. The van der Waals surface area contributed by atoms with Crippen LogP contribution in [0.3, 0.4) is 0 Å². The number of pyridine rings is 1. The number of nitrogens with zero attached hydrogens (tertiary/aromatic N) is 2. The minimum absolute atomic E-state index is 0.335. The van der Waals surface area contributed by atoms with Gasteiger partial charge in [0, 0.05) is 18.0 Å². The first-order chi connectivity index (χ1) is 9.44. The van der Waals surface area contributed by atoms with Gasteiger partial charge in [-0.25, -0.2) is 4.79 Å². The lowest BCUT2D eigenvalue weighted by Crippen LogP contribution is -2.32. The first-order valence-electron chi connectivity index (χ1n) is 6.35. The Kier molecular flexibility index (Phi) is 4.02. The van der Waals surface area contributed by atoms with E-state index in [4.69, 9.17) is 4.74 Å². The summed E-state index contributed by atoms with van der Waals surface area (Å²) in [6.45, 7) is 5.80. The fourth-order valence-electron chi connectivity index (χ4n) is 1.60. The Morgan fingerprint density at radius 1 is 1.45 bits per heavy atom. The molecule has 0 aliphatic rings. The fraction of sp³-hybridized carbons (Fsp3) is 0.357. The van der Waals surface area contributed by atoms with Crippen LogP contribution >= 0.6 is 0 Å². The molecule has 0 aliphatic heterocycles. The first-order valence-corrected chi connectivity index (χ1v) is 6.35. The van der Waals surface area contributed by atoms with Gasteiger partial charge in [-0.1, -0.05) is 0 Å². The highest BCUT2D eigenvalue weighted by Crippen LogP contribution is 2.15. The van der Waals surface area contributed by atoms with Crippen molar-refractivity contribution in [2.75, 3.05) is 0 Å². The van der Waals surface area contributed by atoms with E-state index in [1.54, 1.807) is 12.4 Å². The predicted molar refractivity (Wildman–Crippen MR) is 74.9 cm³/mol. The molecule has 0 bridgehead atoms. The van der Waals surface area contributed by atoms with Crippen molar-refractivity contribution in [3.05, 3.63) is 36.3 Å². The van der Waals surface area contributed by atoms with Gasteiger partial charge in [0.05, 0.1) is 17.9 Å². The highest BCUT2D eigenvalue weighted by Gasteiger charge is 2.16. The van der Waals surface area contributed by atoms with Crippen molar-refractivity contribution in [2.24, 2.45) is 0 Å². The molecule has 106 valence electrons. The third-order valence-corrected chi connectivity index (χ3v) is 2.41. The van der Waals surface area contributed by atoms with Crippen molar-refractivity contribution in [3.8, 4) is 11.3 Å². The Morgan fingerprint density at radius 3 is 2.90 bits per heavy atom. The van der Waals surface area contributed by atoms with Crippen LogP contribution in [0.15, 0.2) is 30.6 Å². The second-order valence-corrected chi connectivity index (χ2v) is 5.38. The van der Waals surface area contributed by atoms with Crippen LogP contribution in [0, 0.1) is 0 Å². The number of H-pyrrole nitrogens is 1. The summed E-state index contributed by atoms with van der Waals surface area (Å²) in [7, 11) is 0. The molecule has 0 unspecified atom stereocenters. The van der Waals surface area contributed by atoms with E-state index < -0.39 is 11.7 Å². The van der Waals surface area contributed by atoms with Crippen LogP contribution in [0.5, 0.6) is 0 Å². The number of rotatable bonds is 3. The molecule has 2 heterocycles. The summed E-state index contributed by atoms with van der Waals surface area (Å²) in [6, 6.07) is 5.64. The molecule has 6 nitrogen and oxygen atoms in total. The molecule has 0 fully saturated rings. The van der Waals surface area contributed by atoms with Gasteiger partial charge in [-0.2, -0.15) is 5.10 Å². The van der Waals surface area contributed by atoms with Crippen LogP contribution in [0.4, 0.5) is 4.79 Å². The quantitative estimate of drug-likeness (QED) is 0.901. The van der Waals surface area contributed by atoms with E-state index in [0.29, 0.717) is 6.54 Å². The summed E-state index contributed by atoms with van der Waals surface area (Å²) in [4.78, 5) is 15.6. The van der Waals surface area contributed by atoms with Crippen LogP contribution in [0.2, 0.25) is 0 Å². The van der Waals surface area contributed by atoms with E-state index >= 15 is 0 Å². The number of alkyl carbamates (subject to hydrolysis) is 1. The third kappa shape index (κ3) is 4.08. The number of ether oxygens (including phenoxy) is 1. The SMILES string of the molecule is CC(C)(C)OC(=O)NCc1cc(-c2cccnc2)n[nH]1. The zero-order valence-corrected chi connectivity index (χ0v) is 11.8. The van der Waals surface area contributed by atoms with Crippen LogP contribution < -0.4 is 5.32 Å². The third-order valence-electron chi connectivity index (χ3n) is 2.41. The van der Waals surface area contributed by atoms with Crippen molar-refractivity contribution < 1.29 is 9.53 Å². The highest BCUT2D eigenvalue weighted by molar-refractivity contribution is 5.67. The number of amides is 1. The van der Waals surface area contributed by atoms with Crippen LogP contribution in [-0.4, -0.2) is 26.9 Å². The molecule has 2 aromatic heterocycles. The average molecular weight is 274 g/mol. The van der Waals surface area contributed by atoms with E-state index in [1.807, 2.05) is 39.0 Å². The van der Waals surface area contributed by atoms with Gasteiger partial charge in [0.25, 0.3) is 0 Å². The summed E-state index contributed by atoms with van der Waals surface area (Å²) >= 11 is 0. The smallest absolute Gasteiger partial charge is 0.407 e. The van der Waals surface area contributed by atoms with Gasteiger partial charge in [0.2, 0.25) is 0 Å². The summed E-state index contributed by atoms with van der Waals surface area (Å²) in [6.07, 6.45) is 3.00. The fourth-order valence-corrected chi connectivity index (χ4v) is 1.60. The minimum atomic E-state index is -0.501. The standard InChI is InChI=1S/C14H18N4O2/c1-14(2,3)20-13(19)16-9-11-7-12(18-17-11)10-5-4-6-15-8-10/h4-8H,9H2,1-3H3,(H,16,19)(H,17,18). The molecule has 20 heavy (non-hydrogen) atoms. The second kappa shape index (κ2) is 5.73. The van der Waals surface area contributed by atoms with Crippen LogP contribution in [0.25, 0.3) is 11.3 Å². The molecule has 0 atom stereocenters. The summed E-state index contributed by atoms with van der Waals surface area (Å²) in [5.74, 6) is 0. The zero-order valence-electron chi connectivity index (χ0n) is 11.8. The lowest BCUT2D eigenvalue weighted by molar-refractivity contribution is 0.0523. The van der Waals surface area contributed by atoms with Gasteiger partial charge >= 0.3 is 6.09 Å². The maximum absolute atomic E-state index is 11.5. The zero-order chi connectivity index (χ0) is 14.6. The molecule has 0 saturated heterocycles. The Labute approximate surface area is 117 Å². The van der Waals surface area contributed by atoms with E-state index in [1.165, 1.54) is 0 Å². The van der Waals surface area contributed by atoms with E-state index in [2.05, 4.69) is 20.5 Å². The first kappa shape index (κ1) is 14.0. The van der Waals surface area contributed by atoms with Gasteiger partial charge in [0.15, 0.2) is 0 Å². The van der Waals surface area contributed by atoms with E-state index in [-0.39, 0.29) is 0 Å². The minimum Gasteiger partial charge on any atom is -0.444 e. The number of aromatic amines is 1. The Bertz CT molecular complexity index is 572. The Hall–Kier alpha value is -2.37. The summed E-state index contributed by atoms with van der Waals surface area (Å²) in [5, 5.41) is 9.73. The molecule has 0 aliphatic carbocycles. The molecule has 0 saturated carbocycles. The molecule has 2 rings (SSSR count). The van der Waals surface area contributed by atoms with E-state index in [9.17, 15) is 4.79 Å². The number of carbonyl (C=O) groups is 1. The maximum atomic E-state index is 11.5. The summed E-state index contributed by atoms with van der Waals surface area (Å²) in [5.41, 5.74) is 2.01. The number of hydrogen-bond acceptors (Lipinski definition) is 4. The monoisotopic (exact) mass is 274 g/mol. The lowest BCUT2D eigenvalue weighted by atomic mass is 10.2. The van der Waals surface area contributed by atoms with Crippen molar-refractivity contribution in [2.45, 2.75) is 32.9 Å². The molecule has 6 heteroatoms. The Morgan fingerprint density at radius 2 is 2.25 bits per heavy atom. The molecule has 0 spiro atoms. The average Bonchev–Trinajstić information content (AvgIpc) is 2.84. The lowest BCUT2D eigenvalue weighted by Gasteiger charge is -2.19. The van der Waals surface area contributed by atoms with E-state index in [0.717, 1.165) is 17.0 Å². The molecule has 0 radical (unpaired) electrons. The second-order valence-electron chi connectivity index (χ2n) is 5.38. The molecule has 1 amide bonds. The van der Waals surface area contributed by atoms with Crippen LogP contribution in [-0.2, 0) is 11.3 Å². The van der Waals surface area contributed by atoms with Crippen molar-refractivity contribution in [3.63, 3.8) is 0 Å². The largest absolute Gasteiger partial charge is 0.444 e. The molecule has 0 aromatic carbocycles. The van der Waals surface area contributed by atoms with Gasteiger partial charge < -0.3 is 10.1 Å². The number of carbonyl (C=O) groups excluding carboxylic acids is 1. The van der Waals surface area contributed by atoms with Gasteiger partial charge in [0.1, 0.15) is 5.60 Å². The maximum Gasteiger partial charge on any atom is 0.407 e. The normalized spacial score (nSPS) is 11.2. The van der Waals surface area contributed by atoms with Crippen molar-refractivity contribution >= 4 is 6.09 Å². The van der Waals surface area contributed by atoms with Crippen molar-refractivity contribution in [1.29, 1.82) is 0 Å². The van der Waals surface area contributed by atoms with Gasteiger partial charge in [-0.15, -0.1) is 0 Å². The van der Waals surface area contributed by atoms with Gasteiger partial charge in [-0.3, -0.25) is 10.1 Å². The number of aromatic nitrogens is 3. The molecule has 2 N–H and O–H groups in total. The van der Waals surface area contributed by atoms with Gasteiger partial charge in [-0.05, 0) is 39.0 Å². The Balaban J connectivity index is 1.92. The number of nitrogens with one attached hydrogen (secondary N) is 2. The molecular formula is C14H18N4O2. The molecule has 2 aromatic rings. The van der Waals surface area contributed by atoms with Crippen molar-refractivity contribution in [1.82, 2.24) is 20.5 Å². The summed E-state index contributed by atoms with van der Waals surface area (Å²) < 4.78 is 5.16. The van der Waals surface area contributed by atoms with Crippen LogP contribution in [0.1, 0.15) is 26.5 Å². The highest BCUT2D eigenvalue weighted by atomic mass is 16.6. The topological polar surface area (TPSA) is 79.9 Å². The predicted octanol–water partition coefficient (Wildman–Crippen LogP) is 2.50. The number of hydrogen-bond donors (Lipinski definition) is 2.